The van der Waals surface area contributed by atoms with E-state index in [1.165, 1.54) is 16.0 Å². The van der Waals surface area contributed by atoms with Crippen LogP contribution in [-0.4, -0.2) is 39.2 Å². The lowest BCUT2D eigenvalue weighted by atomic mass is 9.98. The molecule has 1 aromatic carbocycles. The van der Waals surface area contributed by atoms with Gasteiger partial charge in [-0.3, -0.25) is 4.79 Å². The molecule has 2 aliphatic rings. The first kappa shape index (κ1) is 27.9. The third-order valence-corrected chi connectivity index (χ3v) is 14.1. The molecule has 208 valence electrons. The second-order valence-electron chi connectivity index (χ2n) is 12.1. The van der Waals surface area contributed by atoms with Crippen LogP contribution in [0.25, 0.3) is 27.4 Å². The fraction of sp³-hybridized carbons (Fsp3) is 0.484. The van der Waals surface area contributed by atoms with E-state index in [0.717, 1.165) is 41.6 Å². The lowest BCUT2D eigenvalue weighted by Crippen LogP contribution is -2.41. The minimum absolute atomic E-state index is 0.0789. The maximum absolute atomic E-state index is 13.4. The molecule has 2 heterocycles. The lowest BCUT2D eigenvalue weighted by molar-refractivity contribution is 0.0524. The van der Waals surface area contributed by atoms with Gasteiger partial charge in [-0.2, -0.15) is 0 Å². The Morgan fingerprint density at radius 3 is 2.56 bits per heavy atom. The molecule has 0 unspecified atom stereocenters. The zero-order valence-electron chi connectivity index (χ0n) is 24.1. The standard InChI is InChI=1S/C31H39NO5SSi/c1-8-36-30(34)24-17-32(21-10-11-21)27-23(28(24)33)13-12-22(29(27)35-5)26-16-20-15-19(9-14-25(20)38-26)18-37-39(6,7)31(2,3)4/h12-13,15-17,21H,8-11,14,18H2,1-7H3. The van der Waals surface area contributed by atoms with E-state index >= 15 is 0 Å². The van der Waals surface area contributed by atoms with Gasteiger partial charge in [-0.15, -0.1) is 11.3 Å². The minimum Gasteiger partial charge on any atom is -0.494 e. The summed E-state index contributed by atoms with van der Waals surface area (Å²) in [6.07, 6.45) is 7.98. The number of esters is 1. The van der Waals surface area contributed by atoms with Gasteiger partial charge in [0, 0.05) is 27.6 Å². The number of fused-ring (bicyclic) bond motifs is 2. The number of hydrogen-bond donors (Lipinski definition) is 0. The van der Waals surface area contributed by atoms with Gasteiger partial charge >= 0.3 is 5.97 Å². The molecule has 1 saturated carbocycles. The maximum atomic E-state index is 13.4. The zero-order chi connectivity index (χ0) is 28.1. The molecule has 0 bridgehead atoms. The summed E-state index contributed by atoms with van der Waals surface area (Å²) >= 11 is 1.79. The number of thiophene rings is 1. The van der Waals surface area contributed by atoms with Crippen LogP contribution in [0.2, 0.25) is 18.1 Å². The molecule has 1 fully saturated rings. The molecule has 0 atom stereocenters. The van der Waals surface area contributed by atoms with Crippen molar-refractivity contribution in [2.75, 3.05) is 20.3 Å². The molecule has 2 aromatic heterocycles. The van der Waals surface area contributed by atoms with E-state index in [0.29, 0.717) is 17.7 Å². The van der Waals surface area contributed by atoms with Crippen molar-refractivity contribution < 1.29 is 18.7 Å². The third kappa shape index (κ3) is 5.26. The number of carbonyl (C=O) groups excluding carboxylic acids is 1. The van der Waals surface area contributed by atoms with Gasteiger partial charge in [-0.1, -0.05) is 26.8 Å². The number of benzene rings is 1. The van der Waals surface area contributed by atoms with Crippen LogP contribution >= 0.6 is 11.3 Å². The van der Waals surface area contributed by atoms with Crippen LogP contribution in [0.4, 0.5) is 0 Å². The number of methoxy groups -OCH3 is 1. The van der Waals surface area contributed by atoms with Crippen molar-refractivity contribution in [2.24, 2.45) is 0 Å². The maximum Gasteiger partial charge on any atom is 0.343 e. The Morgan fingerprint density at radius 2 is 1.92 bits per heavy atom. The van der Waals surface area contributed by atoms with Gasteiger partial charge in [0.05, 0.1) is 31.2 Å². The van der Waals surface area contributed by atoms with Crippen LogP contribution in [0.3, 0.4) is 0 Å². The Kier molecular flexibility index (Phi) is 7.41. The first-order chi connectivity index (χ1) is 18.4. The predicted octanol–water partition coefficient (Wildman–Crippen LogP) is 7.60. The van der Waals surface area contributed by atoms with E-state index in [1.54, 1.807) is 31.6 Å². The zero-order valence-corrected chi connectivity index (χ0v) is 25.9. The van der Waals surface area contributed by atoms with Crippen molar-refractivity contribution in [2.45, 2.75) is 77.6 Å². The molecule has 2 aliphatic carbocycles. The van der Waals surface area contributed by atoms with E-state index in [4.69, 9.17) is 13.9 Å². The topological polar surface area (TPSA) is 66.8 Å². The van der Waals surface area contributed by atoms with Gasteiger partial charge in [0.1, 0.15) is 5.56 Å². The highest BCUT2D eigenvalue weighted by Crippen LogP contribution is 2.46. The summed E-state index contributed by atoms with van der Waals surface area (Å²) in [6.45, 7) is 14.1. The molecule has 6 nitrogen and oxygen atoms in total. The average Bonchev–Trinajstić information content (AvgIpc) is 3.64. The van der Waals surface area contributed by atoms with Crippen molar-refractivity contribution in [3.8, 4) is 16.2 Å². The van der Waals surface area contributed by atoms with Crippen LogP contribution in [0, 0.1) is 0 Å². The fourth-order valence-corrected chi connectivity index (χ4v) is 7.02. The monoisotopic (exact) mass is 565 g/mol. The van der Waals surface area contributed by atoms with Crippen molar-refractivity contribution in [1.82, 2.24) is 4.57 Å². The number of hydrogen-bond acceptors (Lipinski definition) is 6. The second-order valence-corrected chi connectivity index (χ2v) is 18.1. The van der Waals surface area contributed by atoms with Crippen LogP contribution < -0.4 is 10.2 Å². The van der Waals surface area contributed by atoms with E-state index in [1.807, 2.05) is 12.1 Å². The predicted molar refractivity (Wildman–Crippen MR) is 162 cm³/mol. The van der Waals surface area contributed by atoms with Gasteiger partial charge in [0.25, 0.3) is 0 Å². The van der Waals surface area contributed by atoms with E-state index in [9.17, 15) is 9.59 Å². The molecule has 0 aliphatic heterocycles. The summed E-state index contributed by atoms with van der Waals surface area (Å²) in [6, 6.07) is 6.27. The van der Waals surface area contributed by atoms with Crippen molar-refractivity contribution >= 4 is 42.6 Å². The smallest absolute Gasteiger partial charge is 0.343 e. The fourth-order valence-electron chi connectivity index (χ4n) is 4.88. The molecular weight excluding hydrogens is 526 g/mol. The minimum atomic E-state index is -1.81. The average molecular weight is 566 g/mol. The summed E-state index contributed by atoms with van der Waals surface area (Å²) in [5.74, 6) is 0.101. The third-order valence-electron chi connectivity index (χ3n) is 8.35. The van der Waals surface area contributed by atoms with Gasteiger partial charge in [-0.05, 0) is 80.1 Å². The number of nitrogens with zero attached hydrogens (tertiary/aromatic N) is 1. The SMILES string of the molecule is CCOC(=O)c1cn(C2CC2)c2c(OC)c(-c3cc4c(s3)CCC(CO[Si](C)(C)C(C)(C)C)=C4)ccc2c1=O. The quantitative estimate of drug-likeness (QED) is 0.208. The van der Waals surface area contributed by atoms with Gasteiger partial charge < -0.3 is 18.5 Å². The summed E-state index contributed by atoms with van der Waals surface area (Å²) in [4.78, 5) is 28.4. The summed E-state index contributed by atoms with van der Waals surface area (Å²) in [5.41, 5.74) is 4.07. The normalized spacial score (nSPS) is 15.7. The van der Waals surface area contributed by atoms with Gasteiger partial charge in [0.2, 0.25) is 5.43 Å². The summed E-state index contributed by atoms with van der Waals surface area (Å²) in [7, 11) is -0.153. The molecule has 0 spiro atoms. The highest BCUT2D eigenvalue weighted by atomic mass is 32.1. The highest BCUT2D eigenvalue weighted by Gasteiger charge is 2.37. The Hall–Kier alpha value is -2.68. The van der Waals surface area contributed by atoms with Crippen LogP contribution in [0.15, 0.2) is 34.8 Å². The molecule has 0 radical (unpaired) electrons. The van der Waals surface area contributed by atoms with Gasteiger partial charge in [-0.25, -0.2) is 4.79 Å². The largest absolute Gasteiger partial charge is 0.494 e. The number of pyridine rings is 1. The summed E-state index contributed by atoms with van der Waals surface area (Å²) < 4.78 is 19.7. The van der Waals surface area contributed by atoms with E-state index < -0.39 is 14.3 Å². The number of rotatable bonds is 8. The van der Waals surface area contributed by atoms with Crippen molar-refractivity contribution in [1.29, 1.82) is 0 Å². The van der Waals surface area contributed by atoms with Crippen LogP contribution in [0.1, 0.15) is 73.8 Å². The number of ether oxygens (including phenoxy) is 2. The number of aryl methyl sites for hydroxylation is 1. The second kappa shape index (κ2) is 10.4. The first-order valence-electron chi connectivity index (χ1n) is 13.8. The molecule has 3 aromatic rings. The highest BCUT2D eigenvalue weighted by molar-refractivity contribution is 7.15. The molecule has 0 amide bonds. The van der Waals surface area contributed by atoms with Crippen LogP contribution in [-0.2, 0) is 15.6 Å². The van der Waals surface area contributed by atoms with E-state index in [2.05, 4.69) is 50.6 Å². The first-order valence-corrected chi connectivity index (χ1v) is 17.6. The number of carbonyl (C=O) groups is 1. The molecule has 39 heavy (non-hydrogen) atoms. The Balaban J connectivity index is 1.54. The number of aromatic nitrogens is 1. The Labute approximate surface area is 235 Å². The van der Waals surface area contributed by atoms with Crippen molar-refractivity contribution in [3.05, 3.63) is 56.2 Å². The van der Waals surface area contributed by atoms with Crippen molar-refractivity contribution in [3.63, 3.8) is 0 Å². The van der Waals surface area contributed by atoms with Crippen LogP contribution in [0.5, 0.6) is 5.75 Å². The van der Waals surface area contributed by atoms with E-state index in [-0.39, 0.29) is 28.7 Å². The summed E-state index contributed by atoms with van der Waals surface area (Å²) in [5, 5.41) is 0.674. The molecular formula is C31H39NO5SSi. The molecule has 0 N–H and O–H groups in total. The Morgan fingerprint density at radius 1 is 1.18 bits per heavy atom. The van der Waals surface area contributed by atoms with Gasteiger partial charge in [0.15, 0.2) is 14.1 Å². The molecule has 8 heteroatoms. The lowest BCUT2D eigenvalue weighted by Gasteiger charge is -2.36. The molecule has 0 saturated heterocycles. The Bertz CT molecular complexity index is 1520. The molecule has 5 rings (SSSR count).